The zero-order chi connectivity index (χ0) is 14.4. The van der Waals surface area contributed by atoms with Crippen LogP contribution in [0.5, 0.6) is 5.75 Å². The lowest BCUT2D eigenvalue weighted by Gasteiger charge is -2.18. The van der Waals surface area contributed by atoms with Gasteiger partial charge in [-0.05, 0) is 32.4 Å². The maximum absolute atomic E-state index is 11.7. The summed E-state index contributed by atoms with van der Waals surface area (Å²) < 4.78 is 5.61. The first-order valence-corrected chi connectivity index (χ1v) is 6.12. The molecule has 19 heavy (non-hydrogen) atoms. The Kier molecular flexibility index (Phi) is 5.40. The van der Waals surface area contributed by atoms with Gasteiger partial charge in [-0.1, -0.05) is 18.1 Å². The van der Waals surface area contributed by atoms with E-state index < -0.39 is 12.2 Å². The van der Waals surface area contributed by atoms with Crippen molar-refractivity contribution in [2.24, 2.45) is 0 Å². The number of terminal acetylenes is 1. The second-order valence-electron chi connectivity index (χ2n) is 4.40. The molecule has 0 radical (unpaired) electrons. The number of rotatable bonds is 5. The van der Waals surface area contributed by atoms with Crippen LogP contribution in [0.2, 0.25) is 0 Å². The molecular weight excluding hydrogens is 242 g/mol. The van der Waals surface area contributed by atoms with Gasteiger partial charge in [0.15, 0.2) is 6.10 Å². The van der Waals surface area contributed by atoms with Gasteiger partial charge in [0, 0.05) is 5.56 Å². The van der Waals surface area contributed by atoms with Crippen LogP contribution in [0.4, 0.5) is 0 Å². The van der Waals surface area contributed by atoms with Gasteiger partial charge in [0.2, 0.25) is 0 Å². The van der Waals surface area contributed by atoms with E-state index in [1.807, 2.05) is 13.0 Å². The summed E-state index contributed by atoms with van der Waals surface area (Å²) in [6.07, 6.45) is 3.75. The van der Waals surface area contributed by atoms with Crippen molar-refractivity contribution in [3.8, 4) is 18.1 Å². The number of aliphatic hydroxyl groups is 1. The van der Waals surface area contributed by atoms with E-state index >= 15 is 0 Å². The standard InChI is InChI=1S/C15H19NO3/c1-5-8-16-15(18)12(4)19-14-9-10(2)6-7-13(14)11(3)17/h1,6-7,9,11-12,17H,8H2,2-4H3,(H,16,18)/t11-,12?/m1/s1. The number of hydrogen-bond donors (Lipinski definition) is 2. The summed E-state index contributed by atoms with van der Waals surface area (Å²) >= 11 is 0. The zero-order valence-electron chi connectivity index (χ0n) is 11.4. The lowest BCUT2D eigenvalue weighted by Crippen LogP contribution is -2.36. The van der Waals surface area contributed by atoms with E-state index in [0.717, 1.165) is 5.56 Å². The van der Waals surface area contributed by atoms with Crippen LogP contribution in [0.3, 0.4) is 0 Å². The molecule has 0 bridgehead atoms. The SMILES string of the molecule is C#CCNC(=O)C(C)Oc1cc(C)ccc1[C@@H](C)O. The van der Waals surface area contributed by atoms with Crippen LogP contribution in [0.25, 0.3) is 0 Å². The quantitative estimate of drug-likeness (QED) is 0.791. The molecule has 0 spiro atoms. The zero-order valence-corrected chi connectivity index (χ0v) is 11.4. The molecule has 1 unspecified atom stereocenters. The summed E-state index contributed by atoms with van der Waals surface area (Å²) in [5, 5.41) is 12.2. The lowest BCUT2D eigenvalue weighted by atomic mass is 10.1. The molecule has 1 amide bonds. The number of benzene rings is 1. The molecule has 2 atom stereocenters. The lowest BCUT2D eigenvalue weighted by molar-refractivity contribution is -0.127. The number of amides is 1. The predicted octanol–water partition coefficient (Wildman–Crippen LogP) is 1.57. The van der Waals surface area contributed by atoms with Gasteiger partial charge in [0.25, 0.3) is 5.91 Å². The maximum atomic E-state index is 11.7. The molecule has 0 heterocycles. The Morgan fingerprint density at radius 3 is 2.79 bits per heavy atom. The minimum atomic E-state index is -0.673. The summed E-state index contributed by atoms with van der Waals surface area (Å²) in [6, 6.07) is 5.48. The topological polar surface area (TPSA) is 58.6 Å². The molecule has 2 N–H and O–H groups in total. The van der Waals surface area contributed by atoms with Crippen molar-refractivity contribution in [3.63, 3.8) is 0 Å². The van der Waals surface area contributed by atoms with Crippen LogP contribution in [0.1, 0.15) is 31.1 Å². The van der Waals surface area contributed by atoms with Crippen LogP contribution in [-0.4, -0.2) is 23.7 Å². The highest BCUT2D eigenvalue weighted by atomic mass is 16.5. The Labute approximate surface area is 113 Å². The fourth-order valence-corrected chi connectivity index (χ4v) is 1.61. The number of ether oxygens (including phenoxy) is 1. The van der Waals surface area contributed by atoms with E-state index in [9.17, 15) is 9.90 Å². The number of hydrogen-bond acceptors (Lipinski definition) is 3. The van der Waals surface area contributed by atoms with E-state index in [4.69, 9.17) is 11.2 Å². The summed E-state index contributed by atoms with van der Waals surface area (Å²) in [7, 11) is 0. The summed E-state index contributed by atoms with van der Waals surface area (Å²) in [5.41, 5.74) is 1.65. The third-order valence-electron chi connectivity index (χ3n) is 2.66. The van der Waals surface area contributed by atoms with E-state index in [0.29, 0.717) is 11.3 Å². The molecule has 4 heteroatoms. The van der Waals surface area contributed by atoms with E-state index in [-0.39, 0.29) is 12.5 Å². The van der Waals surface area contributed by atoms with Gasteiger partial charge >= 0.3 is 0 Å². The fraction of sp³-hybridized carbons (Fsp3) is 0.400. The normalized spacial score (nSPS) is 13.2. The number of nitrogens with one attached hydrogen (secondary N) is 1. The second kappa shape index (κ2) is 6.81. The Hall–Kier alpha value is -1.99. The monoisotopic (exact) mass is 261 g/mol. The average Bonchev–Trinajstić information content (AvgIpc) is 2.35. The van der Waals surface area contributed by atoms with Crippen LogP contribution in [0, 0.1) is 19.3 Å². The first-order chi connectivity index (χ1) is 8.95. The molecule has 1 aromatic carbocycles. The molecule has 0 saturated heterocycles. The average molecular weight is 261 g/mol. The molecule has 0 aliphatic carbocycles. The fourth-order valence-electron chi connectivity index (χ4n) is 1.61. The molecule has 4 nitrogen and oxygen atoms in total. The van der Waals surface area contributed by atoms with Gasteiger partial charge in [-0.15, -0.1) is 6.42 Å². The Bertz CT molecular complexity index is 489. The van der Waals surface area contributed by atoms with Crippen molar-refractivity contribution in [2.45, 2.75) is 33.0 Å². The Morgan fingerprint density at radius 2 is 2.21 bits per heavy atom. The first kappa shape index (κ1) is 15.1. The molecule has 102 valence electrons. The van der Waals surface area contributed by atoms with Gasteiger partial charge in [-0.2, -0.15) is 0 Å². The highest BCUT2D eigenvalue weighted by molar-refractivity contribution is 5.80. The van der Waals surface area contributed by atoms with Gasteiger partial charge < -0.3 is 15.2 Å². The summed E-state index contributed by atoms with van der Waals surface area (Å²) in [5.74, 6) is 2.56. The molecule has 1 aromatic rings. The van der Waals surface area contributed by atoms with Crippen LogP contribution >= 0.6 is 0 Å². The Morgan fingerprint density at radius 1 is 1.53 bits per heavy atom. The third kappa shape index (κ3) is 4.31. The van der Waals surface area contributed by atoms with Crippen LogP contribution in [0.15, 0.2) is 18.2 Å². The van der Waals surface area contributed by atoms with Crippen molar-refractivity contribution in [2.75, 3.05) is 6.54 Å². The number of aryl methyl sites for hydroxylation is 1. The Balaban J connectivity index is 2.84. The highest BCUT2D eigenvalue weighted by Gasteiger charge is 2.17. The third-order valence-corrected chi connectivity index (χ3v) is 2.66. The van der Waals surface area contributed by atoms with E-state index in [1.165, 1.54) is 0 Å². The molecule has 1 rings (SSSR count). The number of carbonyl (C=O) groups excluding carboxylic acids is 1. The highest BCUT2D eigenvalue weighted by Crippen LogP contribution is 2.27. The van der Waals surface area contributed by atoms with E-state index in [2.05, 4.69) is 11.2 Å². The van der Waals surface area contributed by atoms with Crippen LogP contribution < -0.4 is 10.1 Å². The molecule has 0 fully saturated rings. The maximum Gasteiger partial charge on any atom is 0.261 e. The van der Waals surface area contributed by atoms with Gasteiger partial charge in [-0.3, -0.25) is 4.79 Å². The second-order valence-corrected chi connectivity index (χ2v) is 4.40. The molecule has 0 saturated carbocycles. The minimum absolute atomic E-state index is 0.170. The van der Waals surface area contributed by atoms with Crippen molar-refractivity contribution in [3.05, 3.63) is 29.3 Å². The van der Waals surface area contributed by atoms with Crippen molar-refractivity contribution >= 4 is 5.91 Å². The molecule has 0 aromatic heterocycles. The smallest absolute Gasteiger partial charge is 0.261 e. The van der Waals surface area contributed by atoms with Gasteiger partial charge in [0.1, 0.15) is 5.75 Å². The van der Waals surface area contributed by atoms with Crippen molar-refractivity contribution < 1.29 is 14.6 Å². The summed E-state index contributed by atoms with van der Waals surface area (Å²) in [6.45, 7) is 5.38. The first-order valence-electron chi connectivity index (χ1n) is 6.12. The molecule has 0 aliphatic rings. The molecular formula is C15H19NO3. The minimum Gasteiger partial charge on any atom is -0.481 e. The van der Waals surface area contributed by atoms with E-state index in [1.54, 1.807) is 26.0 Å². The number of carbonyl (C=O) groups is 1. The molecule has 0 aliphatic heterocycles. The van der Waals surface area contributed by atoms with Gasteiger partial charge in [0.05, 0.1) is 12.6 Å². The largest absolute Gasteiger partial charge is 0.481 e. The predicted molar refractivity (Wildman–Crippen MR) is 73.7 cm³/mol. The summed E-state index contributed by atoms with van der Waals surface area (Å²) in [4.78, 5) is 11.7. The van der Waals surface area contributed by atoms with Crippen molar-refractivity contribution in [1.29, 1.82) is 0 Å². The van der Waals surface area contributed by atoms with Crippen molar-refractivity contribution in [1.82, 2.24) is 5.32 Å². The van der Waals surface area contributed by atoms with Crippen LogP contribution in [-0.2, 0) is 4.79 Å². The number of aliphatic hydroxyl groups excluding tert-OH is 1. The van der Waals surface area contributed by atoms with Gasteiger partial charge in [-0.25, -0.2) is 0 Å².